The average Bonchev–Trinajstić information content (AvgIpc) is 2.98. The number of methoxy groups -OCH3 is 4. The quantitative estimate of drug-likeness (QED) is 0.641. The molecule has 0 spiro atoms. The maximum atomic E-state index is 5.52. The molecule has 1 heterocycles. The third kappa shape index (κ3) is 3.06. The SMILES string of the molecule is COc1ccc(-c2ccc3c(C(OC)OC)nn(C)c3c2)c(OC)c1. The van der Waals surface area contributed by atoms with Crippen LogP contribution in [-0.2, 0) is 16.5 Å². The van der Waals surface area contributed by atoms with Crippen LogP contribution in [-0.4, -0.2) is 38.2 Å². The van der Waals surface area contributed by atoms with E-state index in [-0.39, 0.29) is 0 Å². The molecule has 25 heavy (non-hydrogen) atoms. The molecule has 1 aromatic heterocycles. The van der Waals surface area contributed by atoms with Gasteiger partial charge in [-0.3, -0.25) is 4.68 Å². The molecule has 0 unspecified atom stereocenters. The van der Waals surface area contributed by atoms with E-state index < -0.39 is 6.29 Å². The molecule has 0 aliphatic carbocycles. The van der Waals surface area contributed by atoms with E-state index in [4.69, 9.17) is 18.9 Å². The molecule has 132 valence electrons. The number of nitrogens with zero attached hydrogens (tertiary/aromatic N) is 2. The minimum atomic E-state index is -0.495. The highest BCUT2D eigenvalue weighted by Gasteiger charge is 2.19. The summed E-state index contributed by atoms with van der Waals surface area (Å²) < 4.78 is 23.3. The van der Waals surface area contributed by atoms with E-state index in [1.165, 1.54) is 0 Å². The van der Waals surface area contributed by atoms with Gasteiger partial charge in [0.2, 0.25) is 6.29 Å². The Morgan fingerprint density at radius 3 is 2.32 bits per heavy atom. The molecule has 0 fully saturated rings. The second-order valence-corrected chi connectivity index (χ2v) is 5.61. The Bertz CT molecular complexity index is 885. The van der Waals surface area contributed by atoms with Crippen LogP contribution in [0.5, 0.6) is 11.5 Å². The largest absolute Gasteiger partial charge is 0.497 e. The number of benzene rings is 2. The zero-order valence-electron chi connectivity index (χ0n) is 15.1. The molecule has 0 saturated heterocycles. The summed E-state index contributed by atoms with van der Waals surface area (Å²) in [6, 6.07) is 11.9. The first-order valence-corrected chi connectivity index (χ1v) is 7.87. The van der Waals surface area contributed by atoms with Gasteiger partial charge >= 0.3 is 0 Å². The molecule has 2 aromatic carbocycles. The first-order valence-electron chi connectivity index (χ1n) is 7.87. The molecule has 0 aliphatic rings. The van der Waals surface area contributed by atoms with Crippen LogP contribution in [0.15, 0.2) is 36.4 Å². The van der Waals surface area contributed by atoms with Gasteiger partial charge in [-0.1, -0.05) is 12.1 Å². The van der Waals surface area contributed by atoms with Crippen molar-refractivity contribution in [3.8, 4) is 22.6 Å². The molecular weight excluding hydrogens is 320 g/mol. The fraction of sp³-hybridized carbons (Fsp3) is 0.316. The van der Waals surface area contributed by atoms with Crippen molar-refractivity contribution in [1.82, 2.24) is 9.78 Å². The predicted molar refractivity (Wildman–Crippen MR) is 96.0 cm³/mol. The van der Waals surface area contributed by atoms with Crippen LogP contribution in [0.2, 0.25) is 0 Å². The molecule has 6 heteroatoms. The van der Waals surface area contributed by atoms with Gasteiger partial charge in [-0.05, 0) is 23.8 Å². The minimum absolute atomic E-state index is 0.495. The Morgan fingerprint density at radius 2 is 1.68 bits per heavy atom. The standard InChI is InChI=1S/C19H22N2O4/c1-21-16-10-12(14-9-7-13(22-2)11-17(14)23-3)6-8-15(16)18(20-21)19(24-4)25-5/h6-11,19H,1-5H3. The molecule has 6 nitrogen and oxygen atoms in total. The van der Waals surface area contributed by atoms with Crippen molar-refractivity contribution in [2.75, 3.05) is 28.4 Å². The minimum Gasteiger partial charge on any atom is -0.497 e. The lowest BCUT2D eigenvalue weighted by molar-refractivity contribution is -0.108. The number of fused-ring (bicyclic) bond motifs is 1. The normalized spacial score (nSPS) is 11.3. The zero-order valence-corrected chi connectivity index (χ0v) is 15.1. The topological polar surface area (TPSA) is 54.7 Å². The van der Waals surface area contributed by atoms with Gasteiger partial charge in [0.25, 0.3) is 0 Å². The molecule has 0 atom stereocenters. The van der Waals surface area contributed by atoms with E-state index in [9.17, 15) is 0 Å². The molecule has 3 aromatic rings. The zero-order chi connectivity index (χ0) is 18.0. The summed E-state index contributed by atoms with van der Waals surface area (Å²) in [7, 11) is 8.40. The van der Waals surface area contributed by atoms with Crippen LogP contribution in [0, 0.1) is 0 Å². The lowest BCUT2D eigenvalue weighted by atomic mass is 10.0. The van der Waals surface area contributed by atoms with E-state index in [2.05, 4.69) is 11.2 Å². The van der Waals surface area contributed by atoms with E-state index >= 15 is 0 Å². The summed E-state index contributed by atoms with van der Waals surface area (Å²) in [6.45, 7) is 0. The molecular formula is C19H22N2O4. The van der Waals surface area contributed by atoms with Gasteiger partial charge in [-0.25, -0.2) is 0 Å². The van der Waals surface area contributed by atoms with E-state index in [1.54, 1.807) is 28.4 Å². The molecule has 0 saturated carbocycles. The van der Waals surface area contributed by atoms with Crippen molar-refractivity contribution >= 4 is 10.9 Å². The number of rotatable bonds is 6. The first kappa shape index (κ1) is 17.3. The number of hydrogen-bond acceptors (Lipinski definition) is 5. The van der Waals surface area contributed by atoms with Crippen LogP contribution in [0.4, 0.5) is 0 Å². The highest BCUT2D eigenvalue weighted by Crippen LogP contribution is 2.36. The molecule has 0 N–H and O–H groups in total. The first-order chi connectivity index (χ1) is 12.1. The van der Waals surface area contributed by atoms with Crippen LogP contribution in [0.3, 0.4) is 0 Å². The van der Waals surface area contributed by atoms with Crippen molar-refractivity contribution in [3.05, 3.63) is 42.1 Å². The molecule has 0 radical (unpaired) electrons. The van der Waals surface area contributed by atoms with Gasteiger partial charge in [-0.15, -0.1) is 0 Å². The Labute approximate surface area is 146 Å². The maximum absolute atomic E-state index is 5.52. The van der Waals surface area contributed by atoms with E-state index in [0.717, 1.165) is 39.2 Å². The third-order valence-corrected chi connectivity index (χ3v) is 4.25. The van der Waals surface area contributed by atoms with Crippen LogP contribution >= 0.6 is 0 Å². The van der Waals surface area contributed by atoms with E-state index in [0.29, 0.717) is 0 Å². The van der Waals surface area contributed by atoms with Gasteiger partial charge in [0.05, 0.1) is 19.7 Å². The average molecular weight is 342 g/mol. The lowest BCUT2D eigenvalue weighted by Crippen LogP contribution is -2.05. The van der Waals surface area contributed by atoms with E-state index in [1.807, 2.05) is 42.1 Å². The fourth-order valence-corrected chi connectivity index (χ4v) is 2.98. The van der Waals surface area contributed by atoms with Crippen LogP contribution < -0.4 is 9.47 Å². The molecule has 0 bridgehead atoms. The number of hydrogen-bond donors (Lipinski definition) is 0. The monoisotopic (exact) mass is 342 g/mol. The summed E-state index contributed by atoms with van der Waals surface area (Å²) >= 11 is 0. The number of aromatic nitrogens is 2. The van der Waals surface area contributed by atoms with Gasteiger partial charge in [0.1, 0.15) is 17.2 Å². The van der Waals surface area contributed by atoms with Crippen molar-refractivity contribution in [1.29, 1.82) is 0 Å². The van der Waals surface area contributed by atoms with Gasteiger partial charge in [-0.2, -0.15) is 5.10 Å². The Morgan fingerprint density at radius 1 is 0.920 bits per heavy atom. The maximum Gasteiger partial charge on any atom is 0.203 e. The van der Waals surface area contributed by atoms with Crippen molar-refractivity contribution in [2.24, 2.45) is 7.05 Å². The Kier molecular flexibility index (Phi) is 4.92. The highest BCUT2D eigenvalue weighted by atomic mass is 16.7. The molecule has 0 aliphatic heterocycles. The number of aryl methyl sites for hydroxylation is 1. The smallest absolute Gasteiger partial charge is 0.203 e. The molecule has 0 amide bonds. The molecule has 3 rings (SSSR count). The van der Waals surface area contributed by atoms with Gasteiger partial charge < -0.3 is 18.9 Å². The van der Waals surface area contributed by atoms with Crippen molar-refractivity contribution in [3.63, 3.8) is 0 Å². The van der Waals surface area contributed by atoms with Crippen molar-refractivity contribution < 1.29 is 18.9 Å². The fourth-order valence-electron chi connectivity index (χ4n) is 2.98. The van der Waals surface area contributed by atoms with Crippen molar-refractivity contribution in [2.45, 2.75) is 6.29 Å². The van der Waals surface area contributed by atoms with Crippen LogP contribution in [0.1, 0.15) is 12.0 Å². The Balaban J connectivity index is 2.13. The second kappa shape index (κ2) is 7.13. The van der Waals surface area contributed by atoms with Crippen LogP contribution in [0.25, 0.3) is 22.0 Å². The third-order valence-electron chi connectivity index (χ3n) is 4.25. The summed E-state index contributed by atoms with van der Waals surface area (Å²) in [5, 5.41) is 5.54. The number of ether oxygens (including phenoxy) is 4. The predicted octanol–water partition coefficient (Wildman–Crippen LogP) is 3.55. The summed E-state index contributed by atoms with van der Waals surface area (Å²) in [5.74, 6) is 1.51. The lowest BCUT2D eigenvalue weighted by Gasteiger charge is -2.12. The summed E-state index contributed by atoms with van der Waals surface area (Å²) in [6.07, 6.45) is -0.495. The second-order valence-electron chi connectivity index (χ2n) is 5.61. The van der Waals surface area contributed by atoms with Gasteiger partial charge in [0.15, 0.2) is 0 Å². The highest BCUT2D eigenvalue weighted by molar-refractivity contribution is 5.88. The Hall–Kier alpha value is -2.57. The van der Waals surface area contributed by atoms with Gasteiger partial charge in [0, 0.05) is 38.3 Å². The summed E-state index contributed by atoms with van der Waals surface area (Å²) in [5.41, 5.74) is 3.77. The summed E-state index contributed by atoms with van der Waals surface area (Å²) in [4.78, 5) is 0.